The number of amides is 1. The maximum Gasteiger partial charge on any atom is 0.416 e. The summed E-state index contributed by atoms with van der Waals surface area (Å²) < 4.78 is 44.6. The van der Waals surface area contributed by atoms with E-state index in [9.17, 15) is 18.0 Å². The molecule has 1 amide bonds. The van der Waals surface area contributed by atoms with E-state index < -0.39 is 11.7 Å². The predicted octanol–water partition coefficient (Wildman–Crippen LogP) is 6.36. The van der Waals surface area contributed by atoms with Crippen molar-refractivity contribution < 1.29 is 22.7 Å². The quantitative estimate of drug-likeness (QED) is 0.318. The molecule has 5 nitrogen and oxygen atoms in total. The second-order valence-corrected chi connectivity index (χ2v) is 11.4. The standard InChI is InChI=1S/C32H44F3N3O2/c1-24-25(2)30(40-23-7-17-36(3)29-8-5-4-6-9-29)15-12-26(24)16-18-37-19-21-38(22-20-37)31(39)27-10-13-28(14-11-27)32(33,34)35/h10-15,29H,4-9,16-23H2,1-3H3. The first kappa shape index (κ1) is 30.4. The van der Waals surface area contributed by atoms with Crippen LogP contribution in [0.5, 0.6) is 5.75 Å². The average Bonchev–Trinajstić information content (AvgIpc) is 2.96. The van der Waals surface area contributed by atoms with Gasteiger partial charge in [0.1, 0.15) is 5.75 Å². The zero-order valence-electron chi connectivity index (χ0n) is 24.2. The summed E-state index contributed by atoms with van der Waals surface area (Å²) in [6, 6.07) is 9.50. The highest BCUT2D eigenvalue weighted by atomic mass is 19.4. The largest absolute Gasteiger partial charge is 0.493 e. The van der Waals surface area contributed by atoms with E-state index in [1.54, 1.807) is 4.90 Å². The molecule has 8 heteroatoms. The summed E-state index contributed by atoms with van der Waals surface area (Å²) in [6.45, 7) is 9.64. The molecule has 220 valence electrons. The van der Waals surface area contributed by atoms with E-state index in [-0.39, 0.29) is 5.91 Å². The lowest BCUT2D eigenvalue weighted by atomic mass is 9.94. The molecule has 40 heavy (non-hydrogen) atoms. The number of hydrogen-bond donors (Lipinski definition) is 0. The van der Waals surface area contributed by atoms with Gasteiger partial charge < -0.3 is 14.5 Å². The van der Waals surface area contributed by atoms with Crippen molar-refractivity contribution in [3.8, 4) is 5.75 Å². The van der Waals surface area contributed by atoms with Crippen LogP contribution in [0.4, 0.5) is 13.2 Å². The predicted molar refractivity (Wildman–Crippen MR) is 153 cm³/mol. The highest BCUT2D eigenvalue weighted by Crippen LogP contribution is 2.29. The number of halogens is 3. The molecule has 0 radical (unpaired) electrons. The maximum absolute atomic E-state index is 12.8. The number of nitrogens with zero attached hydrogens (tertiary/aromatic N) is 3. The smallest absolute Gasteiger partial charge is 0.416 e. The molecular formula is C32H44F3N3O2. The molecule has 0 bridgehead atoms. The van der Waals surface area contributed by atoms with Gasteiger partial charge in [0.2, 0.25) is 0 Å². The first-order valence-corrected chi connectivity index (χ1v) is 14.7. The van der Waals surface area contributed by atoms with Gasteiger partial charge >= 0.3 is 6.18 Å². The Balaban J connectivity index is 1.19. The third-order valence-electron chi connectivity index (χ3n) is 8.78. The van der Waals surface area contributed by atoms with Gasteiger partial charge in [-0.1, -0.05) is 25.3 Å². The number of hydrogen-bond acceptors (Lipinski definition) is 4. The van der Waals surface area contributed by atoms with Crippen LogP contribution < -0.4 is 4.74 Å². The minimum atomic E-state index is -4.40. The van der Waals surface area contributed by atoms with Gasteiger partial charge in [0.15, 0.2) is 0 Å². The van der Waals surface area contributed by atoms with E-state index in [2.05, 4.69) is 42.8 Å². The molecular weight excluding hydrogens is 515 g/mol. The lowest BCUT2D eigenvalue weighted by Gasteiger charge is -2.35. The molecule has 0 N–H and O–H groups in total. The highest BCUT2D eigenvalue weighted by molar-refractivity contribution is 5.94. The Kier molecular flexibility index (Phi) is 10.5. The molecule has 1 saturated heterocycles. The summed E-state index contributed by atoms with van der Waals surface area (Å²) in [5.41, 5.74) is 3.34. The van der Waals surface area contributed by atoms with E-state index in [1.165, 1.54) is 60.9 Å². The van der Waals surface area contributed by atoms with Crippen LogP contribution in [0.25, 0.3) is 0 Å². The van der Waals surface area contributed by atoms with Gasteiger partial charge in [-0.3, -0.25) is 9.69 Å². The fourth-order valence-electron chi connectivity index (χ4n) is 5.92. The van der Waals surface area contributed by atoms with Crippen LogP contribution in [0.2, 0.25) is 0 Å². The van der Waals surface area contributed by atoms with Crippen molar-refractivity contribution in [2.75, 3.05) is 52.9 Å². The van der Waals surface area contributed by atoms with Crippen molar-refractivity contribution >= 4 is 5.91 Å². The highest BCUT2D eigenvalue weighted by Gasteiger charge is 2.31. The first-order valence-electron chi connectivity index (χ1n) is 14.7. The van der Waals surface area contributed by atoms with Gasteiger partial charge in [0.25, 0.3) is 5.91 Å². The molecule has 0 aromatic heterocycles. The monoisotopic (exact) mass is 559 g/mol. The van der Waals surface area contributed by atoms with Gasteiger partial charge in [-0.05, 0) is 93.6 Å². The molecule has 2 fully saturated rings. The normalized spacial score (nSPS) is 17.4. The number of carbonyl (C=O) groups is 1. The number of benzene rings is 2. The Hall–Kier alpha value is -2.58. The molecule has 1 aliphatic carbocycles. The molecule has 4 rings (SSSR count). The van der Waals surface area contributed by atoms with Crippen molar-refractivity contribution in [1.29, 1.82) is 0 Å². The third-order valence-corrected chi connectivity index (χ3v) is 8.78. The Bertz CT molecular complexity index is 1110. The molecule has 0 unspecified atom stereocenters. The summed E-state index contributed by atoms with van der Waals surface area (Å²) in [7, 11) is 2.25. The molecule has 1 saturated carbocycles. The number of carbonyl (C=O) groups excluding carboxylic acids is 1. The van der Waals surface area contributed by atoms with E-state index >= 15 is 0 Å². The van der Waals surface area contributed by atoms with Crippen molar-refractivity contribution in [3.05, 3.63) is 64.2 Å². The Morgan fingerprint density at radius 3 is 2.27 bits per heavy atom. The number of alkyl halides is 3. The van der Waals surface area contributed by atoms with Crippen molar-refractivity contribution in [1.82, 2.24) is 14.7 Å². The van der Waals surface area contributed by atoms with Crippen LogP contribution in [0.3, 0.4) is 0 Å². The number of rotatable bonds is 10. The van der Waals surface area contributed by atoms with Crippen molar-refractivity contribution in [3.63, 3.8) is 0 Å². The van der Waals surface area contributed by atoms with Gasteiger partial charge in [-0.15, -0.1) is 0 Å². The third kappa shape index (κ3) is 8.00. The van der Waals surface area contributed by atoms with Gasteiger partial charge in [0, 0.05) is 50.9 Å². The van der Waals surface area contributed by atoms with Crippen molar-refractivity contribution in [2.45, 2.75) is 71.0 Å². The minimum Gasteiger partial charge on any atom is -0.493 e. The molecule has 2 aliphatic rings. The van der Waals surface area contributed by atoms with Gasteiger partial charge in [-0.25, -0.2) is 0 Å². The second-order valence-electron chi connectivity index (χ2n) is 11.4. The van der Waals surface area contributed by atoms with Crippen LogP contribution >= 0.6 is 0 Å². The minimum absolute atomic E-state index is 0.212. The number of piperazine rings is 1. The van der Waals surface area contributed by atoms with Gasteiger partial charge in [-0.2, -0.15) is 13.2 Å². The first-order chi connectivity index (χ1) is 19.1. The average molecular weight is 560 g/mol. The van der Waals surface area contributed by atoms with E-state index in [0.29, 0.717) is 18.7 Å². The summed E-state index contributed by atoms with van der Waals surface area (Å²) in [5, 5.41) is 0. The Labute approximate surface area is 237 Å². The molecule has 2 aromatic rings. The summed E-state index contributed by atoms with van der Waals surface area (Å²) in [6.07, 6.45) is 4.31. The van der Waals surface area contributed by atoms with Crippen LogP contribution in [-0.4, -0.2) is 79.6 Å². The molecule has 2 aromatic carbocycles. The fraction of sp³-hybridized carbons (Fsp3) is 0.594. The second kappa shape index (κ2) is 13.9. The molecule has 0 atom stereocenters. The Morgan fingerprint density at radius 1 is 0.950 bits per heavy atom. The molecule has 1 aliphatic heterocycles. The summed E-state index contributed by atoms with van der Waals surface area (Å²) in [4.78, 5) is 19.4. The zero-order chi connectivity index (χ0) is 28.7. The van der Waals surface area contributed by atoms with E-state index in [0.717, 1.165) is 69.6 Å². The SMILES string of the molecule is Cc1c(CCN2CCN(C(=O)c3ccc(C(F)(F)F)cc3)CC2)ccc(OCCCN(C)C2CCCCC2)c1C. The van der Waals surface area contributed by atoms with Crippen LogP contribution in [-0.2, 0) is 12.6 Å². The Morgan fingerprint density at radius 2 is 1.62 bits per heavy atom. The maximum atomic E-state index is 12.8. The lowest BCUT2D eigenvalue weighted by molar-refractivity contribution is -0.137. The van der Waals surface area contributed by atoms with Crippen LogP contribution in [0, 0.1) is 13.8 Å². The van der Waals surface area contributed by atoms with Crippen LogP contribution in [0.1, 0.15) is 71.1 Å². The van der Waals surface area contributed by atoms with Crippen molar-refractivity contribution in [2.24, 2.45) is 0 Å². The van der Waals surface area contributed by atoms with E-state index in [4.69, 9.17) is 4.74 Å². The van der Waals surface area contributed by atoms with Gasteiger partial charge in [0.05, 0.1) is 12.2 Å². The summed E-state index contributed by atoms with van der Waals surface area (Å²) in [5.74, 6) is 0.757. The topological polar surface area (TPSA) is 36.0 Å². The lowest BCUT2D eigenvalue weighted by Crippen LogP contribution is -2.49. The zero-order valence-corrected chi connectivity index (χ0v) is 24.2. The molecule has 1 heterocycles. The van der Waals surface area contributed by atoms with Crippen LogP contribution in [0.15, 0.2) is 36.4 Å². The van der Waals surface area contributed by atoms with E-state index in [1.807, 2.05) is 0 Å². The number of ether oxygens (including phenoxy) is 1. The summed E-state index contributed by atoms with van der Waals surface area (Å²) >= 11 is 0. The molecule has 0 spiro atoms. The fourth-order valence-corrected chi connectivity index (χ4v) is 5.92.